The van der Waals surface area contributed by atoms with Gasteiger partial charge in [0.2, 0.25) is 0 Å². The van der Waals surface area contributed by atoms with E-state index in [-0.39, 0.29) is 11.9 Å². The molecule has 1 atom stereocenters. The van der Waals surface area contributed by atoms with Gasteiger partial charge in [0.05, 0.1) is 17.3 Å². The first-order valence-electron chi connectivity index (χ1n) is 8.74. The molecule has 3 aromatic rings. The molecular formula is C21H20N4O2. The minimum atomic E-state index is -0.226. The van der Waals surface area contributed by atoms with Crippen LogP contribution in [0.15, 0.2) is 77.5 Å². The third-order valence-electron chi connectivity index (χ3n) is 4.11. The second-order valence-corrected chi connectivity index (χ2v) is 6.10. The molecular weight excluding hydrogens is 340 g/mol. The first kappa shape index (κ1) is 18.4. The molecule has 0 fully saturated rings. The topological polar surface area (TPSA) is 76.8 Å². The van der Waals surface area contributed by atoms with Gasteiger partial charge >= 0.3 is 5.97 Å². The van der Waals surface area contributed by atoms with E-state index in [0.717, 1.165) is 23.2 Å². The Balaban J connectivity index is 1.63. The van der Waals surface area contributed by atoms with Crippen LogP contribution in [0, 0.1) is 5.92 Å². The van der Waals surface area contributed by atoms with E-state index in [4.69, 9.17) is 4.74 Å². The van der Waals surface area contributed by atoms with Gasteiger partial charge in [-0.15, -0.1) is 0 Å². The number of rotatable bonds is 6. The van der Waals surface area contributed by atoms with Gasteiger partial charge in [-0.25, -0.2) is 9.97 Å². The van der Waals surface area contributed by atoms with Crippen LogP contribution in [0.25, 0.3) is 11.1 Å². The van der Waals surface area contributed by atoms with E-state index in [0.29, 0.717) is 11.4 Å². The van der Waals surface area contributed by atoms with Crippen LogP contribution in [0.4, 0.5) is 11.4 Å². The molecule has 3 rings (SSSR count). The van der Waals surface area contributed by atoms with Crippen LogP contribution < -0.4 is 4.74 Å². The van der Waals surface area contributed by atoms with Crippen LogP contribution in [-0.2, 0) is 4.79 Å². The molecule has 2 aromatic carbocycles. The van der Waals surface area contributed by atoms with Crippen molar-refractivity contribution < 1.29 is 9.53 Å². The summed E-state index contributed by atoms with van der Waals surface area (Å²) in [4.78, 5) is 19.8. The summed E-state index contributed by atoms with van der Waals surface area (Å²) in [5, 5.41) is 8.44. The molecule has 0 spiro atoms. The highest BCUT2D eigenvalue weighted by Gasteiger charge is 2.12. The fourth-order valence-corrected chi connectivity index (χ4v) is 2.25. The van der Waals surface area contributed by atoms with E-state index in [2.05, 4.69) is 20.2 Å². The SMILES string of the molecule is CCC(C)C(=O)Oc1ccc(N=Nc2ccc(-c3cncnc3)cc2)cc1. The highest BCUT2D eigenvalue weighted by molar-refractivity contribution is 5.74. The molecule has 27 heavy (non-hydrogen) atoms. The van der Waals surface area contributed by atoms with E-state index in [1.54, 1.807) is 36.7 Å². The highest BCUT2D eigenvalue weighted by atomic mass is 16.5. The van der Waals surface area contributed by atoms with Crippen molar-refractivity contribution in [1.29, 1.82) is 0 Å². The van der Waals surface area contributed by atoms with Gasteiger partial charge in [0.15, 0.2) is 0 Å². The minimum absolute atomic E-state index is 0.116. The van der Waals surface area contributed by atoms with Gasteiger partial charge in [-0.05, 0) is 48.4 Å². The predicted molar refractivity (Wildman–Crippen MR) is 103 cm³/mol. The molecule has 0 N–H and O–H groups in total. The Morgan fingerprint density at radius 1 is 0.926 bits per heavy atom. The quantitative estimate of drug-likeness (QED) is 0.330. The summed E-state index contributed by atoms with van der Waals surface area (Å²) in [5.41, 5.74) is 3.38. The summed E-state index contributed by atoms with van der Waals surface area (Å²) in [7, 11) is 0. The largest absolute Gasteiger partial charge is 0.426 e. The molecule has 0 saturated heterocycles. The molecule has 0 aliphatic carbocycles. The van der Waals surface area contributed by atoms with Crippen molar-refractivity contribution >= 4 is 17.3 Å². The summed E-state index contributed by atoms with van der Waals surface area (Å²) < 4.78 is 5.32. The Labute approximate surface area is 158 Å². The number of carbonyl (C=O) groups excluding carboxylic acids is 1. The lowest BCUT2D eigenvalue weighted by Crippen LogP contribution is -2.16. The van der Waals surface area contributed by atoms with Crippen molar-refractivity contribution in [3.63, 3.8) is 0 Å². The van der Waals surface area contributed by atoms with Gasteiger partial charge in [0.1, 0.15) is 12.1 Å². The minimum Gasteiger partial charge on any atom is -0.426 e. The van der Waals surface area contributed by atoms with Crippen LogP contribution in [0.2, 0.25) is 0 Å². The number of esters is 1. The van der Waals surface area contributed by atoms with Crippen molar-refractivity contribution in [2.24, 2.45) is 16.1 Å². The number of aromatic nitrogens is 2. The molecule has 0 aliphatic heterocycles. The van der Waals surface area contributed by atoms with Gasteiger partial charge in [0.25, 0.3) is 0 Å². The lowest BCUT2D eigenvalue weighted by Gasteiger charge is -2.08. The Morgan fingerprint density at radius 3 is 2.04 bits per heavy atom. The monoisotopic (exact) mass is 360 g/mol. The molecule has 6 nitrogen and oxygen atoms in total. The van der Waals surface area contributed by atoms with Crippen LogP contribution in [0.1, 0.15) is 20.3 Å². The van der Waals surface area contributed by atoms with Gasteiger partial charge < -0.3 is 4.74 Å². The van der Waals surface area contributed by atoms with Crippen LogP contribution in [0.5, 0.6) is 5.75 Å². The molecule has 1 heterocycles. The Hall–Kier alpha value is -3.41. The molecule has 1 aromatic heterocycles. The lowest BCUT2D eigenvalue weighted by atomic mass is 10.1. The van der Waals surface area contributed by atoms with E-state index >= 15 is 0 Å². The summed E-state index contributed by atoms with van der Waals surface area (Å²) >= 11 is 0. The number of azo groups is 1. The van der Waals surface area contributed by atoms with Crippen molar-refractivity contribution in [3.8, 4) is 16.9 Å². The maximum absolute atomic E-state index is 11.8. The number of ether oxygens (including phenoxy) is 1. The second-order valence-electron chi connectivity index (χ2n) is 6.10. The van der Waals surface area contributed by atoms with E-state index in [1.165, 1.54) is 6.33 Å². The Kier molecular flexibility index (Phi) is 5.99. The van der Waals surface area contributed by atoms with Crippen molar-refractivity contribution in [3.05, 3.63) is 67.3 Å². The summed E-state index contributed by atoms with van der Waals surface area (Å²) in [6.45, 7) is 3.80. The van der Waals surface area contributed by atoms with Gasteiger partial charge in [0, 0.05) is 18.0 Å². The summed E-state index contributed by atoms with van der Waals surface area (Å²) in [6.07, 6.45) is 5.78. The normalized spacial score (nSPS) is 12.1. The van der Waals surface area contributed by atoms with Crippen LogP contribution in [-0.4, -0.2) is 15.9 Å². The number of hydrogen-bond acceptors (Lipinski definition) is 6. The van der Waals surface area contributed by atoms with Gasteiger partial charge in [-0.2, -0.15) is 10.2 Å². The van der Waals surface area contributed by atoms with Gasteiger partial charge in [-0.3, -0.25) is 4.79 Å². The number of hydrogen-bond donors (Lipinski definition) is 0. The zero-order valence-electron chi connectivity index (χ0n) is 15.2. The summed E-state index contributed by atoms with van der Waals surface area (Å²) in [5.74, 6) is 0.166. The Morgan fingerprint density at radius 2 is 1.48 bits per heavy atom. The van der Waals surface area contributed by atoms with Crippen molar-refractivity contribution in [2.75, 3.05) is 0 Å². The van der Waals surface area contributed by atoms with Crippen LogP contribution >= 0.6 is 0 Å². The van der Waals surface area contributed by atoms with Crippen LogP contribution in [0.3, 0.4) is 0 Å². The maximum atomic E-state index is 11.8. The first-order valence-corrected chi connectivity index (χ1v) is 8.74. The molecule has 0 radical (unpaired) electrons. The highest BCUT2D eigenvalue weighted by Crippen LogP contribution is 2.24. The third kappa shape index (κ3) is 5.04. The average molecular weight is 360 g/mol. The first-order chi connectivity index (χ1) is 13.2. The standard InChI is InChI=1S/C21H20N4O2/c1-3-15(2)21(26)27-20-10-8-19(9-11-20)25-24-18-6-4-16(5-7-18)17-12-22-14-23-13-17/h4-15H,3H2,1-2H3. The molecule has 0 bridgehead atoms. The molecule has 0 saturated carbocycles. The molecule has 136 valence electrons. The summed E-state index contributed by atoms with van der Waals surface area (Å²) in [6, 6.07) is 14.6. The zero-order chi connectivity index (χ0) is 19.1. The van der Waals surface area contributed by atoms with E-state index in [1.807, 2.05) is 38.1 Å². The third-order valence-corrected chi connectivity index (χ3v) is 4.11. The van der Waals surface area contributed by atoms with Gasteiger partial charge in [-0.1, -0.05) is 26.0 Å². The predicted octanol–water partition coefficient (Wildman–Crippen LogP) is 5.51. The fraction of sp³-hybridized carbons (Fsp3) is 0.190. The fourth-order valence-electron chi connectivity index (χ4n) is 2.25. The number of nitrogens with zero attached hydrogens (tertiary/aromatic N) is 4. The maximum Gasteiger partial charge on any atom is 0.314 e. The molecule has 0 aliphatic rings. The molecule has 0 amide bonds. The lowest BCUT2D eigenvalue weighted by molar-refractivity contribution is -0.138. The number of benzene rings is 2. The van der Waals surface area contributed by atoms with E-state index < -0.39 is 0 Å². The molecule has 6 heteroatoms. The average Bonchev–Trinajstić information content (AvgIpc) is 2.73. The smallest absolute Gasteiger partial charge is 0.314 e. The Bertz CT molecular complexity index is 907. The molecule has 1 unspecified atom stereocenters. The zero-order valence-corrected chi connectivity index (χ0v) is 15.2. The second kappa shape index (κ2) is 8.80. The number of carbonyl (C=O) groups is 1. The van der Waals surface area contributed by atoms with Crippen molar-refractivity contribution in [1.82, 2.24) is 9.97 Å². The van der Waals surface area contributed by atoms with Crippen molar-refractivity contribution in [2.45, 2.75) is 20.3 Å². The van der Waals surface area contributed by atoms with E-state index in [9.17, 15) is 4.79 Å².